The number of amides is 1. The molecule has 0 atom stereocenters. The van der Waals surface area contributed by atoms with Gasteiger partial charge in [-0.1, -0.05) is 12.1 Å². The first-order valence-corrected chi connectivity index (χ1v) is 6.83. The highest BCUT2D eigenvalue weighted by Crippen LogP contribution is 2.27. The fourth-order valence-corrected chi connectivity index (χ4v) is 1.91. The molecule has 0 heterocycles. The van der Waals surface area contributed by atoms with Crippen molar-refractivity contribution in [2.75, 3.05) is 19.0 Å². The van der Waals surface area contributed by atoms with Crippen molar-refractivity contribution in [2.24, 2.45) is 0 Å². The maximum atomic E-state index is 13.4. The van der Waals surface area contributed by atoms with Gasteiger partial charge in [0.1, 0.15) is 5.82 Å². The Morgan fingerprint density at radius 1 is 1.14 bits per heavy atom. The Morgan fingerprint density at radius 2 is 1.91 bits per heavy atom. The van der Waals surface area contributed by atoms with Crippen molar-refractivity contribution in [1.29, 1.82) is 0 Å². The van der Waals surface area contributed by atoms with E-state index in [4.69, 9.17) is 9.47 Å². The second-order valence-electron chi connectivity index (χ2n) is 4.96. The number of benzene rings is 2. The molecule has 0 bridgehead atoms. The second kappa shape index (κ2) is 6.93. The molecule has 22 heavy (non-hydrogen) atoms. The first-order chi connectivity index (χ1) is 10.5. The number of anilines is 1. The molecule has 1 amide bonds. The quantitative estimate of drug-likeness (QED) is 0.920. The zero-order chi connectivity index (χ0) is 16.1. The number of aryl methyl sites for hydroxylation is 2. The van der Waals surface area contributed by atoms with Crippen LogP contribution in [0.15, 0.2) is 36.4 Å². The zero-order valence-electron chi connectivity index (χ0n) is 12.8. The van der Waals surface area contributed by atoms with Crippen LogP contribution in [-0.2, 0) is 4.79 Å². The number of carbonyl (C=O) groups excluding carboxylic acids is 1. The molecule has 0 unspecified atom stereocenters. The number of nitrogens with one attached hydrogen (secondary N) is 1. The van der Waals surface area contributed by atoms with E-state index >= 15 is 0 Å². The Morgan fingerprint density at radius 3 is 2.59 bits per heavy atom. The van der Waals surface area contributed by atoms with Crippen LogP contribution in [-0.4, -0.2) is 19.6 Å². The number of carbonyl (C=O) groups is 1. The molecule has 0 radical (unpaired) electrons. The van der Waals surface area contributed by atoms with E-state index in [0.29, 0.717) is 22.7 Å². The summed E-state index contributed by atoms with van der Waals surface area (Å²) in [7, 11) is 1.54. The lowest BCUT2D eigenvalue weighted by molar-refractivity contribution is -0.118. The number of hydrogen-bond donors (Lipinski definition) is 1. The molecule has 2 rings (SSSR count). The largest absolute Gasteiger partial charge is 0.493 e. The van der Waals surface area contributed by atoms with Crippen molar-refractivity contribution >= 4 is 11.6 Å². The first-order valence-electron chi connectivity index (χ1n) is 6.83. The van der Waals surface area contributed by atoms with Crippen LogP contribution < -0.4 is 14.8 Å². The van der Waals surface area contributed by atoms with Gasteiger partial charge in [-0.3, -0.25) is 4.79 Å². The van der Waals surface area contributed by atoms with Gasteiger partial charge in [-0.05, 0) is 49.2 Å². The summed E-state index contributed by atoms with van der Waals surface area (Å²) in [5.74, 6) is 0.317. The second-order valence-corrected chi connectivity index (χ2v) is 4.96. The van der Waals surface area contributed by atoms with Crippen molar-refractivity contribution < 1.29 is 18.7 Å². The summed E-state index contributed by atoms with van der Waals surface area (Å²) in [4.78, 5) is 11.8. The summed E-state index contributed by atoms with van der Waals surface area (Å²) in [6.07, 6.45) is 0. The number of hydrogen-bond acceptors (Lipinski definition) is 3. The van der Waals surface area contributed by atoms with Gasteiger partial charge in [-0.15, -0.1) is 0 Å². The average molecular weight is 303 g/mol. The standard InChI is InChI=1S/C17H18FNO3/c1-11-4-7-15(16(8-11)21-3)22-10-17(20)19-13-6-5-12(2)14(18)9-13/h4-9H,10H2,1-3H3,(H,19,20). The fraction of sp³-hybridized carbons (Fsp3) is 0.235. The van der Waals surface area contributed by atoms with Crippen LogP contribution in [0.25, 0.3) is 0 Å². The van der Waals surface area contributed by atoms with E-state index in [1.165, 1.54) is 13.2 Å². The van der Waals surface area contributed by atoms with Gasteiger partial charge in [0.05, 0.1) is 7.11 Å². The lowest BCUT2D eigenvalue weighted by Crippen LogP contribution is -2.20. The number of ether oxygens (including phenoxy) is 2. The molecule has 0 spiro atoms. The molecule has 0 aliphatic heterocycles. The van der Waals surface area contributed by atoms with E-state index in [1.807, 2.05) is 19.1 Å². The molecule has 4 nitrogen and oxygen atoms in total. The maximum Gasteiger partial charge on any atom is 0.262 e. The lowest BCUT2D eigenvalue weighted by atomic mass is 10.2. The predicted molar refractivity (Wildman–Crippen MR) is 83.0 cm³/mol. The topological polar surface area (TPSA) is 47.6 Å². The minimum absolute atomic E-state index is 0.186. The van der Waals surface area contributed by atoms with Crippen molar-refractivity contribution in [3.8, 4) is 11.5 Å². The van der Waals surface area contributed by atoms with Gasteiger partial charge in [0, 0.05) is 5.69 Å². The van der Waals surface area contributed by atoms with E-state index in [1.54, 1.807) is 25.1 Å². The summed E-state index contributed by atoms with van der Waals surface area (Å²) in [6.45, 7) is 3.41. The third-order valence-electron chi connectivity index (χ3n) is 3.13. The van der Waals surface area contributed by atoms with Crippen molar-refractivity contribution in [3.63, 3.8) is 0 Å². The fourth-order valence-electron chi connectivity index (χ4n) is 1.91. The third-order valence-corrected chi connectivity index (χ3v) is 3.13. The van der Waals surface area contributed by atoms with Gasteiger partial charge in [0.25, 0.3) is 5.91 Å². The van der Waals surface area contributed by atoms with Crippen LogP contribution in [0.4, 0.5) is 10.1 Å². The van der Waals surface area contributed by atoms with Gasteiger partial charge >= 0.3 is 0 Å². The van der Waals surface area contributed by atoms with E-state index in [9.17, 15) is 9.18 Å². The summed E-state index contributed by atoms with van der Waals surface area (Å²) in [5, 5.41) is 2.58. The van der Waals surface area contributed by atoms with Crippen LogP contribution >= 0.6 is 0 Å². The molecule has 116 valence electrons. The van der Waals surface area contributed by atoms with E-state index in [-0.39, 0.29) is 18.3 Å². The highest BCUT2D eigenvalue weighted by Gasteiger charge is 2.09. The Hall–Kier alpha value is -2.56. The van der Waals surface area contributed by atoms with Crippen LogP contribution in [0.5, 0.6) is 11.5 Å². The molecule has 0 aliphatic carbocycles. The van der Waals surface area contributed by atoms with Gasteiger partial charge in [0.2, 0.25) is 0 Å². The van der Waals surface area contributed by atoms with Crippen LogP contribution in [0.3, 0.4) is 0 Å². The Labute approximate surface area is 128 Å². The van der Waals surface area contributed by atoms with Crippen LogP contribution in [0.2, 0.25) is 0 Å². The van der Waals surface area contributed by atoms with E-state index in [2.05, 4.69) is 5.32 Å². The molecule has 0 saturated heterocycles. The molecular formula is C17H18FNO3. The predicted octanol–water partition coefficient (Wildman–Crippen LogP) is 3.47. The van der Waals surface area contributed by atoms with E-state index in [0.717, 1.165) is 5.56 Å². The van der Waals surface area contributed by atoms with Crippen LogP contribution in [0.1, 0.15) is 11.1 Å². The molecule has 0 aromatic heterocycles. The molecule has 0 aliphatic rings. The molecule has 2 aromatic rings. The molecule has 0 fully saturated rings. The monoisotopic (exact) mass is 303 g/mol. The Kier molecular flexibility index (Phi) is 4.99. The number of halogens is 1. The molecule has 5 heteroatoms. The zero-order valence-corrected chi connectivity index (χ0v) is 12.8. The van der Waals surface area contributed by atoms with Crippen LogP contribution in [0, 0.1) is 19.7 Å². The molecule has 0 saturated carbocycles. The van der Waals surface area contributed by atoms with Crippen molar-refractivity contribution in [3.05, 3.63) is 53.3 Å². The van der Waals surface area contributed by atoms with Gasteiger partial charge in [-0.2, -0.15) is 0 Å². The Balaban J connectivity index is 1.96. The number of methoxy groups -OCH3 is 1. The molecular weight excluding hydrogens is 285 g/mol. The average Bonchev–Trinajstić information content (AvgIpc) is 2.49. The minimum atomic E-state index is -0.370. The summed E-state index contributed by atoms with van der Waals surface area (Å²) < 4.78 is 24.1. The molecule has 2 aromatic carbocycles. The molecule has 1 N–H and O–H groups in total. The first kappa shape index (κ1) is 15.8. The smallest absolute Gasteiger partial charge is 0.262 e. The van der Waals surface area contributed by atoms with Gasteiger partial charge < -0.3 is 14.8 Å². The van der Waals surface area contributed by atoms with Crippen molar-refractivity contribution in [2.45, 2.75) is 13.8 Å². The third kappa shape index (κ3) is 3.97. The van der Waals surface area contributed by atoms with E-state index < -0.39 is 0 Å². The van der Waals surface area contributed by atoms with Crippen molar-refractivity contribution in [1.82, 2.24) is 0 Å². The normalized spacial score (nSPS) is 10.2. The summed E-state index contributed by atoms with van der Waals surface area (Å²) in [5.41, 5.74) is 1.95. The lowest BCUT2D eigenvalue weighted by Gasteiger charge is -2.11. The summed E-state index contributed by atoms with van der Waals surface area (Å²) in [6, 6.07) is 9.96. The highest BCUT2D eigenvalue weighted by molar-refractivity contribution is 5.91. The minimum Gasteiger partial charge on any atom is -0.493 e. The maximum absolute atomic E-state index is 13.4. The summed E-state index contributed by atoms with van der Waals surface area (Å²) >= 11 is 0. The highest BCUT2D eigenvalue weighted by atomic mass is 19.1. The Bertz CT molecular complexity index is 686. The van der Waals surface area contributed by atoms with Gasteiger partial charge in [0.15, 0.2) is 18.1 Å². The van der Waals surface area contributed by atoms with Gasteiger partial charge in [-0.25, -0.2) is 4.39 Å². The number of rotatable bonds is 5. The SMILES string of the molecule is COc1cc(C)ccc1OCC(=O)Nc1ccc(C)c(F)c1.